The molecule has 0 aliphatic carbocycles. The van der Waals surface area contributed by atoms with Crippen molar-refractivity contribution in [3.63, 3.8) is 0 Å². The van der Waals surface area contributed by atoms with Crippen LogP contribution in [0.2, 0.25) is 4.34 Å². The molecule has 4 aromatic rings. The molecule has 2 aromatic carbocycles. The van der Waals surface area contributed by atoms with Gasteiger partial charge in [0.15, 0.2) is 0 Å². The minimum Gasteiger partial charge on any atom is -0.497 e. The zero-order valence-electron chi connectivity index (χ0n) is 24.0. The molecule has 4 rings (SSSR count). The maximum Gasteiger partial charge on any atom is 0.326 e. The van der Waals surface area contributed by atoms with Gasteiger partial charge in [-0.3, -0.25) is 14.4 Å². The second-order valence-electron chi connectivity index (χ2n) is 9.27. The SMILES string of the molecule is COc1cc(OC)c2c(=O)[nH]c(-c3cc(C)c(OCCOC(=O)CCC(=O)ONS(=O)(=O)c4ccc(Cl)s4)c(C)c3)nc2c1. The van der Waals surface area contributed by atoms with Crippen LogP contribution in [0.25, 0.3) is 22.3 Å². The number of H-pyrrole nitrogens is 1. The van der Waals surface area contributed by atoms with Gasteiger partial charge >= 0.3 is 11.9 Å². The molecule has 0 unspecified atom stereocenters. The number of thiophene rings is 1. The van der Waals surface area contributed by atoms with Crippen LogP contribution >= 0.6 is 22.9 Å². The zero-order valence-corrected chi connectivity index (χ0v) is 26.4. The third kappa shape index (κ3) is 7.85. The second kappa shape index (κ2) is 14.1. The van der Waals surface area contributed by atoms with Gasteiger partial charge < -0.3 is 28.8 Å². The number of benzene rings is 2. The summed E-state index contributed by atoms with van der Waals surface area (Å²) < 4.78 is 45.8. The molecule has 0 bridgehead atoms. The number of nitrogens with zero attached hydrogens (tertiary/aromatic N) is 1. The van der Waals surface area contributed by atoms with Crippen molar-refractivity contribution >= 4 is 55.8 Å². The minimum absolute atomic E-state index is 0.0328. The van der Waals surface area contributed by atoms with Crippen molar-refractivity contribution in [2.45, 2.75) is 30.9 Å². The minimum atomic E-state index is -4.08. The Morgan fingerprint density at radius 3 is 2.34 bits per heavy atom. The number of carbonyl (C=O) groups excluding carboxylic acids is 2. The van der Waals surface area contributed by atoms with E-state index in [-0.39, 0.29) is 33.7 Å². The first-order chi connectivity index (χ1) is 20.9. The van der Waals surface area contributed by atoms with E-state index >= 15 is 0 Å². The van der Waals surface area contributed by atoms with Crippen LogP contribution in [-0.2, 0) is 29.2 Å². The van der Waals surface area contributed by atoms with E-state index in [1.807, 2.05) is 26.0 Å². The number of nitrogens with one attached hydrogen (secondary N) is 2. The standard InChI is InChI=1S/C28H28ClN3O10S2/c1-15-11-17(27-30-19-13-18(38-3)14-20(39-4)25(19)28(35)31-27)12-16(2)26(15)41-10-9-40-22(33)6-7-23(34)42-32-44(36,37)24-8-5-21(29)43-24/h5,8,11-14,32H,6-7,9-10H2,1-4H3,(H,30,31,35). The Labute approximate surface area is 261 Å². The van der Waals surface area contributed by atoms with Gasteiger partial charge in [-0.25, -0.2) is 13.4 Å². The molecule has 0 saturated carbocycles. The molecule has 0 spiro atoms. The number of rotatable bonds is 13. The van der Waals surface area contributed by atoms with E-state index in [0.29, 0.717) is 39.5 Å². The summed E-state index contributed by atoms with van der Waals surface area (Å²) in [7, 11) is -1.10. The van der Waals surface area contributed by atoms with Crippen LogP contribution < -0.4 is 24.7 Å². The van der Waals surface area contributed by atoms with Crippen LogP contribution in [0.1, 0.15) is 24.0 Å². The third-order valence-corrected chi connectivity index (χ3v) is 9.04. The Morgan fingerprint density at radius 2 is 1.70 bits per heavy atom. The normalized spacial score (nSPS) is 11.3. The van der Waals surface area contributed by atoms with E-state index < -0.39 is 28.4 Å². The third-order valence-electron chi connectivity index (χ3n) is 6.14. The highest BCUT2D eigenvalue weighted by molar-refractivity contribution is 7.91. The molecule has 2 N–H and O–H groups in total. The number of aryl methyl sites for hydroxylation is 2. The molecule has 0 saturated heterocycles. The van der Waals surface area contributed by atoms with E-state index in [0.717, 1.165) is 22.5 Å². The molecule has 2 heterocycles. The average molecular weight is 666 g/mol. The van der Waals surface area contributed by atoms with E-state index in [9.17, 15) is 22.8 Å². The van der Waals surface area contributed by atoms with Gasteiger partial charge in [0, 0.05) is 17.7 Å². The fourth-order valence-electron chi connectivity index (χ4n) is 4.15. The largest absolute Gasteiger partial charge is 0.497 e. The first-order valence-corrected chi connectivity index (χ1v) is 15.6. The van der Waals surface area contributed by atoms with Crippen molar-refractivity contribution in [2.75, 3.05) is 27.4 Å². The summed E-state index contributed by atoms with van der Waals surface area (Å²) in [6.07, 6.45) is -0.732. The van der Waals surface area contributed by atoms with Crippen molar-refractivity contribution in [1.82, 2.24) is 14.9 Å². The summed E-state index contributed by atoms with van der Waals surface area (Å²) in [6, 6.07) is 9.54. The molecular formula is C28H28ClN3O10S2. The number of fused-ring (bicyclic) bond motifs is 1. The Kier molecular flexibility index (Phi) is 10.5. The van der Waals surface area contributed by atoms with E-state index in [1.54, 1.807) is 17.0 Å². The summed E-state index contributed by atoms with van der Waals surface area (Å²) in [6.45, 7) is 3.60. The van der Waals surface area contributed by atoms with Crippen molar-refractivity contribution < 1.29 is 41.8 Å². The van der Waals surface area contributed by atoms with Gasteiger partial charge in [0.05, 0.1) is 36.9 Å². The van der Waals surface area contributed by atoms with Crippen molar-refractivity contribution in [3.05, 3.63) is 62.2 Å². The number of halogens is 1. The molecule has 0 aliphatic rings. The Balaban J connectivity index is 1.29. The number of esters is 1. The molecule has 44 heavy (non-hydrogen) atoms. The first-order valence-electron chi connectivity index (χ1n) is 12.9. The van der Waals surface area contributed by atoms with Gasteiger partial charge in [-0.05, 0) is 54.1 Å². The molecule has 0 aliphatic heterocycles. The van der Waals surface area contributed by atoms with E-state index in [2.05, 4.69) is 14.8 Å². The van der Waals surface area contributed by atoms with Crippen LogP contribution in [0.4, 0.5) is 0 Å². The van der Waals surface area contributed by atoms with Crippen LogP contribution in [0.5, 0.6) is 17.2 Å². The fourth-order valence-corrected chi connectivity index (χ4v) is 6.41. The van der Waals surface area contributed by atoms with Crippen LogP contribution in [0.3, 0.4) is 0 Å². The lowest BCUT2D eigenvalue weighted by molar-refractivity contribution is -0.152. The first kappa shape index (κ1) is 32.7. The molecule has 16 heteroatoms. The van der Waals surface area contributed by atoms with Crippen LogP contribution in [-0.4, -0.2) is 57.8 Å². The van der Waals surface area contributed by atoms with Crippen molar-refractivity contribution in [2.24, 2.45) is 0 Å². The van der Waals surface area contributed by atoms with Gasteiger partial charge in [0.1, 0.15) is 45.9 Å². The van der Waals surface area contributed by atoms with Gasteiger partial charge in [0.25, 0.3) is 15.6 Å². The van der Waals surface area contributed by atoms with Crippen LogP contribution in [0.15, 0.2) is 45.4 Å². The predicted octanol–water partition coefficient (Wildman–Crippen LogP) is 4.08. The smallest absolute Gasteiger partial charge is 0.326 e. The zero-order chi connectivity index (χ0) is 32.0. The fraction of sp³-hybridized carbons (Fsp3) is 0.286. The highest BCUT2D eigenvalue weighted by Gasteiger charge is 2.20. The number of ether oxygens (including phenoxy) is 4. The molecule has 0 atom stereocenters. The monoisotopic (exact) mass is 665 g/mol. The number of aromatic amines is 1. The number of hydrogen-bond donors (Lipinski definition) is 2. The van der Waals surface area contributed by atoms with E-state index in [4.69, 9.17) is 30.5 Å². The number of methoxy groups -OCH3 is 2. The Hall–Kier alpha value is -4.18. The summed E-state index contributed by atoms with van der Waals surface area (Å²) in [4.78, 5) is 50.4. The maximum atomic E-state index is 12.9. The predicted molar refractivity (Wildman–Crippen MR) is 162 cm³/mol. The lowest BCUT2D eigenvalue weighted by Crippen LogP contribution is -2.27. The molecule has 0 radical (unpaired) electrons. The van der Waals surface area contributed by atoms with Gasteiger partial charge in [-0.15, -0.1) is 11.3 Å². The van der Waals surface area contributed by atoms with Crippen molar-refractivity contribution in [3.8, 4) is 28.6 Å². The molecular weight excluding hydrogens is 638 g/mol. The summed E-state index contributed by atoms with van der Waals surface area (Å²) in [5, 5.41) is 0.307. The number of aromatic nitrogens is 2. The number of sulfonamides is 1. The highest BCUT2D eigenvalue weighted by atomic mass is 35.5. The van der Waals surface area contributed by atoms with Crippen molar-refractivity contribution in [1.29, 1.82) is 0 Å². The highest BCUT2D eigenvalue weighted by Crippen LogP contribution is 2.31. The molecule has 2 aromatic heterocycles. The number of carbonyl (C=O) groups is 2. The second-order valence-corrected chi connectivity index (χ2v) is 12.9. The van der Waals surface area contributed by atoms with Crippen LogP contribution in [0, 0.1) is 13.8 Å². The lowest BCUT2D eigenvalue weighted by atomic mass is 10.0. The maximum absolute atomic E-state index is 12.9. The van der Waals surface area contributed by atoms with Gasteiger partial charge in [-0.2, -0.15) is 0 Å². The molecule has 0 fully saturated rings. The van der Waals surface area contributed by atoms with E-state index in [1.165, 1.54) is 26.4 Å². The summed E-state index contributed by atoms with van der Waals surface area (Å²) in [5.74, 6) is 0.113. The Morgan fingerprint density at radius 1 is 1.00 bits per heavy atom. The topological polar surface area (TPSA) is 172 Å². The number of hydrogen-bond acceptors (Lipinski definition) is 12. The summed E-state index contributed by atoms with van der Waals surface area (Å²) >= 11 is 6.51. The molecule has 234 valence electrons. The average Bonchev–Trinajstić information content (AvgIpc) is 3.44. The Bertz CT molecular complexity index is 1850. The summed E-state index contributed by atoms with van der Waals surface area (Å²) in [5.41, 5.74) is 2.23. The molecule has 0 amide bonds. The molecule has 13 nitrogen and oxygen atoms in total. The quantitative estimate of drug-likeness (QED) is 0.120. The van der Waals surface area contributed by atoms with Gasteiger partial charge in [-0.1, -0.05) is 11.6 Å². The lowest BCUT2D eigenvalue weighted by Gasteiger charge is -2.15. The van der Waals surface area contributed by atoms with Gasteiger partial charge in [0.2, 0.25) is 0 Å².